The number of aromatic hydroxyl groups is 1. The first kappa shape index (κ1) is 21.6. The lowest BCUT2D eigenvalue weighted by atomic mass is 10.1. The van der Waals surface area contributed by atoms with Gasteiger partial charge in [-0.3, -0.25) is 4.79 Å². The summed E-state index contributed by atoms with van der Waals surface area (Å²) in [6.45, 7) is 3.55. The first-order valence-corrected chi connectivity index (χ1v) is 12.2. The summed E-state index contributed by atoms with van der Waals surface area (Å²) < 4.78 is 0. The number of rotatable bonds is 5. The first-order valence-electron chi connectivity index (χ1n) is 12.2. The molecule has 0 spiro atoms. The van der Waals surface area contributed by atoms with E-state index in [1.807, 2.05) is 37.3 Å². The van der Waals surface area contributed by atoms with Crippen molar-refractivity contribution >= 4 is 22.6 Å². The Labute approximate surface area is 209 Å². The minimum Gasteiger partial charge on any atom is -0.507 e. The molecule has 1 saturated carbocycles. The van der Waals surface area contributed by atoms with E-state index in [2.05, 4.69) is 40.5 Å². The summed E-state index contributed by atoms with van der Waals surface area (Å²) in [5, 5.41) is 14.7. The van der Waals surface area contributed by atoms with Crippen LogP contribution in [0.1, 0.15) is 34.2 Å². The van der Waals surface area contributed by atoms with Crippen LogP contribution in [0.4, 0.5) is 5.82 Å². The van der Waals surface area contributed by atoms with Gasteiger partial charge in [0, 0.05) is 34.7 Å². The number of benzene rings is 3. The molecule has 6 nitrogen and oxygen atoms in total. The number of hydrogen-bond donors (Lipinski definition) is 2. The molecule has 6 rings (SSSR count). The standard InChI is InChI=1S/C29H28N4O2.3H2/c1-18-11-12-21-25(15-18)31-27(22-9-5-6-10-26(22)34)32-28(21)33-14-13-20(17-33)30-29(35)24-16-23(24)19-7-3-2-4-8-19;;;/h2-12,15,20,23-24,34H,13-14,16-17H2,1H3,(H,30,35);3*1H/t20-,23-,24?;;;/m1.../s1. The number of nitrogens with one attached hydrogen (secondary N) is 1. The number of carbonyl (C=O) groups excluding carboxylic acids is 1. The molecule has 2 fully saturated rings. The molecular weight excluding hydrogens is 436 g/mol. The summed E-state index contributed by atoms with van der Waals surface area (Å²) >= 11 is 0. The Hall–Kier alpha value is -3.93. The van der Waals surface area contributed by atoms with Gasteiger partial charge in [0.2, 0.25) is 5.91 Å². The molecule has 3 atom stereocenters. The van der Waals surface area contributed by atoms with E-state index in [1.54, 1.807) is 12.1 Å². The first-order chi connectivity index (χ1) is 17.1. The zero-order chi connectivity index (χ0) is 23.9. The average molecular weight is 471 g/mol. The van der Waals surface area contributed by atoms with Gasteiger partial charge in [-0.15, -0.1) is 0 Å². The highest BCUT2D eigenvalue weighted by atomic mass is 16.3. The Bertz CT molecular complexity index is 1420. The van der Waals surface area contributed by atoms with Gasteiger partial charge in [-0.25, -0.2) is 9.97 Å². The number of para-hydroxylation sites is 1. The van der Waals surface area contributed by atoms with Crippen molar-refractivity contribution in [2.45, 2.75) is 31.7 Å². The molecular formula is C29H34N4O2. The summed E-state index contributed by atoms with van der Waals surface area (Å²) in [6, 6.07) is 23.7. The third kappa shape index (κ3) is 4.20. The van der Waals surface area contributed by atoms with E-state index in [-0.39, 0.29) is 27.9 Å². The van der Waals surface area contributed by atoms with Gasteiger partial charge in [0.1, 0.15) is 11.6 Å². The maximum absolute atomic E-state index is 12.9. The maximum Gasteiger partial charge on any atom is 0.224 e. The summed E-state index contributed by atoms with van der Waals surface area (Å²) in [4.78, 5) is 24.8. The number of anilines is 1. The molecule has 2 heterocycles. The lowest BCUT2D eigenvalue weighted by Crippen LogP contribution is -2.38. The minimum absolute atomic E-state index is 0. The second kappa shape index (κ2) is 8.69. The Morgan fingerprint density at radius 3 is 2.69 bits per heavy atom. The second-order valence-electron chi connectivity index (χ2n) is 9.71. The van der Waals surface area contributed by atoms with Crippen molar-refractivity contribution in [3.63, 3.8) is 0 Å². The van der Waals surface area contributed by atoms with E-state index in [1.165, 1.54) is 5.56 Å². The number of fused-ring (bicyclic) bond motifs is 1. The predicted molar refractivity (Wildman–Crippen MR) is 144 cm³/mol. The second-order valence-corrected chi connectivity index (χ2v) is 9.71. The molecule has 4 aromatic rings. The van der Waals surface area contributed by atoms with Crippen molar-refractivity contribution in [1.82, 2.24) is 15.3 Å². The molecule has 6 heteroatoms. The number of amides is 1. The van der Waals surface area contributed by atoms with Crippen LogP contribution >= 0.6 is 0 Å². The smallest absolute Gasteiger partial charge is 0.224 e. The van der Waals surface area contributed by atoms with E-state index < -0.39 is 0 Å². The number of nitrogens with zero attached hydrogens (tertiary/aromatic N) is 3. The topological polar surface area (TPSA) is 78.4 Å². The summed E-state index contributed by atoms with van der Waals surface area (Å²) in [5.74, 6) is 2.08. The average Bonchev–Trinajstić information content (AvgIpc) is 3.55. The van der Waals surface area contributed by atoms with Gasteiger partial charge >= 0.3 is 0 Å². The van der Waals surface area contributed by atoms with Crippen LogP contribution in [-0.2, 0) is 4.79 Å². The quantitative estimate of drug-likeness (QED) is 0.400. The van der Waals surface area contributed by atoms with Gasteiger partial charge < -0.3 is 15.3 Å². The Balaban J connectivity index is 0.00000133. The van der Waals surface area contributed by atoms with Crippen molar-refractivity contribution in [2.75, 3.05) is 18.0 Å². The Kier molecular flexibility index (Phi) is 5.36. The minimum atomic E-state index is 0. The number of aromatic nitrogens is 2. The van der Waals surface area contributed by atoms with E-state index in [0.717, 1.165) is 41.7 Å². The normalized spacial score (nSPS) is 21.3. The van der Waals surface area contributed by atoms with Crippen LogP contribution in [0.25, 0.3) is 22.3 Å². The fourth-order valence-electron chi connectivity index (χ4n) is 5.18. The molecule has 35 heavy (non-hydrogen) atoms. The zero-order valence-corrected chi connectivity index (χ0v) is 19.7. The summed E-state index contributed by atoms with van der Waals surface area (Å²) in [7, 11) is 0. The van der Waals surface area contributed by atoms with E-state index >= 15 is 0 Å². The van der Waals surface area contributed by atoms with Gasteiger partial charge in [-0.05, 0) is 61.1 Å². The van der Waals surface area contributed by atoms with E-state index in [4.69, 9.17) is 9.97 Å². The number of carbonyl (C=O) groups is 1. The van der Waals surface area contributed by atoms with Crippen LogP contribution in [0.5, 0.6) is 5.75 Å². The monoisotopic (exact) mass is 470 g/mol. The fourth-order valence-corrected chi connectivity index (χ4v) is 5.18. The van der Waals surface area contributed by atoms with Gasteiger partial charge in [0.15, 0.2) is 5.82 Å². The maximum atomic E-state index is 12.9. The summed E-state index contributed by atoms with van der Waals surface area (Å²) in [5.41, 5.74) is 3.83. The third-order valence-corrected chi connectivity index (χ3v) is 7.17. The molecule has 3 aromatic carbocycles. The van der Waals surface area contributed by atoms with Crippen LogP contribution < -0.4 is 10.2 Å². The van der Waals surface area contributed by atoms with Gasteiger partial charge in [0.25, 0.3) is 0 Å². The molecule has 1 unspecified atom stereocenters. The molecule has 1 aliphatic carbocycles. The van der Waals surface area contributed by atoms with E-state index in [0.29, 0.717) is 23.9 Å². The molecule has 2 N–H and O–H groups in total. The zero-order valence-electron chi connectivity index (χ0n) is 19.7. The number of aryl methyl sites for hydroxylation is 1. The number of phenolic OH excluding ortho intramolecular Hbond substituents is 1. The lowest BCUT2D eigenvalue weighted by Gasteiger charge is -2.21. The van der Waals surface area contributed by atoms with E-state index in [9.17, 15) is 9.90 Å². The highest BCUT2D eigenvalue weighted by molar-refractivity contribution is 5.92. The highest BCUT2D eigenvalue weighted by Gasteiger charge is 2.44. The van der Waals surface area contributed by atoms with Crippen molar-refractivity contribution in [2.24, 2.45) is 5.92 Å². The molecule has 1 saturated heterocycles. The van der Waals surface area contributed by atoms with Gasteiger partial charge in [-0.2, -0.15) is 0 Å². The van der Waals surface area contributed by atoms with Crippen LogP contribution in [0.15, 0.2) is 72.8 Å². The van der Waals surface area contributed by atoms with Crippen molar-refractivity contribution in [1.29, 1.82) is 0 Å². The van der Waals surface area contributed by atoms with Gasteiger partial charge in [0.05, 0.1) is 11.1 Å². The molecule has 1 aliphatic heterocycles. The van der Waals surface area contributed by atoms with Crippen LogP contribution in [0.2, 0.25) is 0 Å². The SMILES string of the molecule is Cc1ccc2c(N3CC[C@@H](NC(=O)C4C[C@@H]4c4ccccc4)C3)nc(-c3ccccc3O)nc2c1.[HH].[HH].[HH]. The molecule has 0 radical (unpaired) electrons. The van der Waals surface area contributed by atoms with Crippen LogP contribution in [0.3, 0.4) is 0 Å². The molecule has 2 aliphatic rings. The Morgan fingerprint density at radius 2 is 1.86 bits per heavy atom. The van der Waals surface area contributed by atoms with Crippen molar-refractivity contribution < 1.29 is 14.2 Å². The van der Waals surface area contributed by atoms with Crippen LogP contribution in [0, 0.1) is 12.8 Å². The highest BCUT2D eigenvalue weighted by Crippen LogP contribution is 2.47. The Morgan fingerprint density at radius 1 is 1.06 bits per heavy atom. The lowest BCUT2D eigenvalue weighted by molar-refractivity contribution is -0.123. The van der Waals surface area contributed by atoms with Crippen LogP contribution in [-0.4, -0.2) is 40.1 Å². The predicted octanol–water partition coefficient (Wildman–Crippen LogP) is 5.55. The van der Waals surface area contributed by atoms with Crippen molar-refractivity contribution in [3.05, 3.63) is 83.9 Å². The number of phenols is 1. The molecule has 0 bridgehead atoms. The summed E-state index contributed by atoms with van der Waals surface area (Å²) in [6.07, 6.45) is 1.80. The van der Waals surface area contributed by atoms with Crippen molar-refractivity contribution in [3.8, 4) is 17.1 Å². The number of hydrogen-bond acceptors (Lipinski definition) is 5. The fraction of sp³-hybridized carbons (Fsp3) is 0.276. The molecule has 182 valence electrons. The third-order valence-electron chi connectivity index (χ3n) is 7.17. The largest absolute Gasteiger partial charge is 0.507 e. The molecule has 1 amide bonds. The van der Waals surface area contributed by atoms with Gasteiger partial charge in [-0.1, -0.05) is 48.5 Å². The molecule has 1 aromatic heterocycles.